The molecule has 1 fully saturated rings. The van der Waals surface area contributed by atoms with Gasteiger partial charge in [0.1, 0.15) is 0 Å². The first-order valence-corrected chi connectivity index (χ1v) is 7.36. The van der Waals surface area contributed by atoms with E-state index in [1.165, 1.54) is 6.20 Å². The first-order chi connectivity index (χ1) is 9.74. The summed E-state index contributed by atoms with van der Waals surface area (Å²) in [5.41, 5.74) is 0. The number of ether oxygens (including phenoxy) is 1. The van der Waals surface area contributed by atoms with Crippen molar-refractivity contribution in [2.24, 2.45) is 5.92 Å². The van der Waals surface area contributed by atoms with Crippen molar-refractivity contribution in [3.63, 3.8) is 0 Å². The summed E-state index contributed by atoms with van der Waals surface area (Å²) in [6.45, 7) is 6.42. The average molecular weight is 282 g/mol. The molecule has 2 N–H and O–H groups in total. The van der Waals surface area contributed by atoms with Crippen LogP contribution in [0.4, 0.5) is 16.2 Å². The van der Waals surface area contributed by atoms with Crippen molar-refractivity contribution in [3.05, 3.63) is 12.0 Å². The van der Waals surface area contributed by atoms with Gasteiger partial charge in [-0.25, -0.2) is 9.37 Å². The average Bonchev–Trinajstić information content (AvgIpc) is 2.92. The molecule has 0 spiro atoms. The van der Waals surface area contributed by atoms with Crippen molar-refractivity contribution < 1.29 is 9.13 Å². The van der Waals surface area contributed by atoms with E-state index in [1.807, 2.05) is 0 Å². The van der Waals surface area contributed by atoms with Gasteiger partial charge in [0.05, 0.1) is 12.3 Å². The highest BCUT2D eigenvalue weighted by Crippen LogP contribution is 2.24. The lowest BCUT2D eigenvalue weighted by Crippen LogP contribution is -2.23. The number of rotatable bonds is 7. The lowest BCUT2D eigenvalue weighted by atomic mass is 10.00. The second-order valence-electron chi connectivity index (χ2n) is 5.06. The molecular formula is C14H23FN4O. The fraction of sp³-hybridized carbons (Fsp3) is 0.714. The van der Waals surface area contributed by atoms with Gasteiger partial charge in [0.25, 0.3) is 0 Å². The molecule has 1 aromatic heterocycles. The van der Waals surface area contributed by atoms with Crippen LogP contribution in [0.2, 0.25) is 0 Å². The molecule has 0 radical (unpaired) electrons. The van der Waals surface area contributed by atoms with E-state index in [1.54, 1.807) is 0 Å². The van der Waals surface area contributed by atoms with Crippen LogP contribution in [0.15, 0.2) is 6.20 Å². The van der Waals surface area contributed by atoms with Crippen LogP contribution >= 0.6 is 0 Å². The highest BCUT2D eigenvalue weighted by atomic mass is 19.1. The zero-order valence-corrected chi connectivity index (χ0v) is 12.2. The number of aromatic nitrogens is 2. The molecule has 112 valence electrons. The molecule has 0 saturated carbocycles. The second kappa shape index (κ2) is 7.38. The van der Waals surface area contributed by atoms with Gasteiger partial charge in [0, 0.05) is 25.6 Å². The fourth-order valence-corrected chi connectivity index (χ4v) is 2.42. The van der Waals surface area contributed by atoms with Crippen molar-refractivity contribution in [1.29, 1.82) is 0 Å². The number of anilines is 2. The van der Waals surface area contributed by atoms with Gasteiger partial charge in [0.15, 0.2) is 11.6 Å². The molecule has 20 heavy (non-hydrogen) atoms. The summed E-state index contributed by atoms with van der Waals surface area (Å²) < 4.78 is 19.3. The zero-order valence-electron chi connectivity index (χ0n) is 12.2. The maximum Gasteiger partial charge on any atom is 0.224 e. The van der Waals surface area contributed by atoms with Gasteiger partial charge in [-0.1, -0.05) is 13.8 Å². The van der Waals surface area contributed by atoms with Crippen LogP contribution in [-0.4, -0.2) is 35.8 Å². The lowest BCUT2D eigenvalue weighted by Gasteiger charge is -2.18. The van der Waals surface area contributed by atoms with E-state index < -0.39 is 5.82 Å². The van der Waals surface area contributed by atoms with E-state index in [0.717, 1.165) is 32.4 Å². The molecule has 2 rings (SSSR count). The summed E-state index contributed by atoms with van der Waals surface area (Å²) in [5.74, 6) is 0.728. The number of hydrogen-bond acceptors (Lipinski definition) is 5. The molecule has 2 atom stereocenters. The molecule has 0 aliphatic carbocycles. The molecule has 1 saturated heterocycles. The molecule has 0 aromatic carbocycles. The Morgan fingerprint density at radius 1 is 1.40 bits per heavy atom. The standard InChI is InChI=1S/C14H23FN4O/c1-3-6-16-14-18-9-11(15)13(19-14)17-8-10-5-7-20-12(10)4-2/h9-10,12H,3-8H2,1-2H3,(H2,16,17,18,19). The van der Waals surface area contributed by atoms with Crippen LogP contribution in [0.3, 0.4) is 0 Å². The van der Waals surface area contributed by atoms with E-state index in [4.69, 9.17) is 4.74 Å². The molecule has 0 amide bonds. The first-order valence-electron chi connectivity index (χ1n) is 7.36. The van der Waals surface area contributed by atoms with Gasteiger partial charge in [0.2, 0.25) is 5.95 Å². The number of nitrogens with one attached hydrogen (secondary N) is 2. The normalized spacial score (nSPS) is 21.9. The summed E-state index contributed by atoms with van der Waals surface area (Å²) in [6.07, 6.45) is 4.45. The number of halogens is 1. The second-order valence-corrected chi connectivity index (χ2v) is 5.06. The molecular weight excluding hydrogens is 259 g/mol. The molecule has 5 nitrogen and oxygen atoms in total. The summed E-state index contributed by atoms with van der Waals surface area (Å²) in [7, 11) is 0. The monoisotopic (exact) mass is 282 g/mol. The van der Waals surface area contributed by atoms with Crippen molar-refractivity contribution >= 4 is 11.8 Å². The maximum atomic E-state index is 13.7. The predicted molar refractivity (Wildman–Crippen MR) is 77.4 cm³/mol. The van der Waals surface area contributed by atoms with Crippen molar-refractivity contribution in [2.75, 3.05) is 30.3 Å². The minimum atomic E-state index is -0.418. The highest BCUT2D eigenvalue weighted by Gasteiger charge is 2.26. The third-order valence-corrected chi connectivity index (χ3v) is 3.56. The van der Waals surface area contributed by atoms with Gasteiger partial charge in [-0.05, 0) is 19.3 Å². The SMILES string of the molecule is CCCNc1ncc(F)c(NCC2CCOC2CC)n1. The van der Waals surface area contributed by atoms with Gasteiger partial charge >= 0.3 is 0 Å². The topological polar surface area (TPSA) is 59.1 Å². The van der Waals surface area contributed by atoms with Crippen LogP contribution in [0.1, 0.15) is 33.1 Å². The Morgan fingerprint density at radius 2 is 2.25 bits per heavy atom. The van der Waals surface area contributed by atoms with Crippen LogP contribution < -0.4 is 10.6 Å². The Hall–Kier alpha value is -1.43. The molecule has 2 heterocycles. The van der Waals surface area contributed by atoms with Crippen molar-refractivity contribution in [3.8, 4) is 0 Å². The minimum Gasteiger partial charge on any atom is -0.378 e. The molecule has 1 aliphatic heterocycles. The number of nitrogens with zero attached hydrogens (tertiary/aromatic N) is 2. The molecule has 1 aliphatic rings. The summed E-state index contributed by atoms with van der Waals surface area (Å²) in [6, 6.07) is 0. The van der Waals surface area contributed by atoms with E-state index >= 15 is 0 Å². The first kappa shape index (κ1) is 15.0. The van der Waals surface area contributed by atoms with Crippen LogP contribution in [0.25, 0.3) is 0 Å². The highest BCUT2D eigenvalue weighted by molar-refractivity contribution is 5.41. The Balaban J connectivity index is 1.94. The Bertz CT molecular complexity index is 430. The van der Waals surface area contributed by atoms with Gasteiger partial charge in [-0.3, -0.25) is 0 Å². The third-order valence-electron chi connectivity index (χ3n) is 3.56. The Labute approximate surface area is 119 Å². The van der Waals surface area contributed by atoms with E-state index in [0.29, 0.717) is 18.4 Å². The Morgan fingerprint density at radius 3 is 3.00 bits per heavy atom. The summed E-state index contributed by atoms with van der Waals surface area (Å²) in [4.78, 5) is 8.10. The quantitative estimate of drug-likeness (QED) is 0.805. The molecule has 1 aromatic rings. The predicted octanol–water partition coefficient (Wildman–Crippen LogP) is 2.66. The van der Waals surface area contributed by atoms with Gasteiger partial charge < -0.3 is 15.4 Å². The van der Waals surface area contributed by atoms with Crippen LogP contribution in [-0.2, 0) is 4.74 Å². The number of hydrogen-bond donors (Lipinski definition) is 2. The smallest absolute Gasteiger partial charge is 0.224 e. The largest absolute Gasteiger partial charge is 0.378 e. The fourth-order valence-electron chi connectivity index (χ4n) is 2.42. The lowest BCUT2D eigenvalue weighted by molar-refractivity contribution is 0.0900. The van der Waals surface area contributed by atoms with E-state index in [9.17, 15) is 4.39 Å². The third kappa shape index (κ3) is 3.79. The van der Waals surface area contributed by atoms with E-state index in [2.05, 4.69) is 34.4 Å². The van der Waals surface area contributed by atoms with Gasteiger partial charge in [-0.15, -0.1) is 0 Å². The van der Waals surface area contributed by atoms with Crippen LogP contribution in [0.5, 0.6) is 0 Å². The Kier molecular flexibility index (Phi) is 5.52. The van der Waals surface area contributed by atoms with Crippen molar-refractivity contribution in [1.82, 2.24) is 9.97 Å². The zero-order chi connectivity index (χ0) is 14.4. The van der Waals surface area contributed by atoms with E-state index in [-0.39, 0.29) is 11.9 Å². The molecule has 6 heteroatoms. The van der Waals surface area contributed by atoms with Crippen molar-refractivity contribution in [2.45, 2.75) is 39.2 Å². The van der Waals surface area contributed by atoms with Gasteiger partial charge in [-0.2, -0.15) is 4.98 Å². The maximum absolute atomic E-state index is 13.7. The summed E-state index contributed by atoms with van der Waals surface area (Å²) >= 11 is 0. The minimum absolute atomic E-state index is 0.264. The van der Waals surface area contributed by atoms with Crippen LogP contribution in [0, 0.1) is 11.7 Å². The molecule has 2 unspecified atom stereocenters. The summed E-state index contributed by atoms with van der Waals surface area (Å²) in [5, 5.41) is 6.15. The molecule has 0 bridgehead atoms.